The van der Waals surface area contributed by atoms with E-state index in [1.165, 1.54) is 0 Å². The van der Waals surface area contributed by atoms with E-state index in [0.29, 0.717) is 6.42 Å². The van der Waals surface area contributed by atoms with E-state index in [1.807, 2.05) is 33.8 Å². The summed E-state index contributed by atoms with van der Waals surface area (Å²) in [4.78, 5) is 0. The molecule has 0 saturated heterocycles. The summed E-state index contributed by atoms with van der Waals surface area (Å²) >= 11 is 0. The summed E-state index contributed by atoms with van der Waals surface area (Å²) in [6, 6.07) is 0. The fraction of sp³-hybridized carbons (Fsp3) is 0.619. The lowest BCUT2D eigenvalue weighted by atomic mass is 9.68. The summed E-state index contributed by atoms with van der Waals surface area (Å²) in [6.07, 6.45) is 6.34. The quantitative estimate of drug-likeness (QED) is 0.344. The van der Waals surface area contributed by atoms with Crippen LogP contribution in [0.25, 0.3) is 0 Å². The highest BCUT2D eigenvalue weighted by molar-refractivity contribution is 5.49. The molecule has 0 unspecified atom stereocenters. The Morgan fingerprint density at radius 1 is 1.12 bits per heavy atom. The van der Waals surface area contributed by atoms with E-state index in [2.05, 4.69) is 0 Å². The Morgan fingerprint density at radius 3 is 2.52 bits per heavy atom. The summed E-state index contributed by atoms with van der Waals surface area (Å²) in [5, 5.41) is 0. The lowest BCUT2D eigenvalue weighted by molar-refractivity contribution is 0.00561. The van der Waals surface area contributed by atoms with Crippen molar-refractivity contribution in [1.29, 1.82) is 0 Å². The molecule has 138 valence electrons. The third-order valence-corrected chi connectivity index (χ3v) is 5.77. The molecule has 1 aromatic carbocycles. The summed E-state index contributed by atoms with van der Waals surface area (Å²) in [5.74, 6) is -3.08. The van der Waals surface area contributed by atoms with Crippen LogP contribution in [0.5, 0.6) is 5.75 Å². The minimum absolute atomic E-state index is 0.0166. The average Bonchev–Trinajstić information content (AvgIpc) is 2.55. The number of hydrogen-bond acceptors (Lipinski definition) is 1. The summed E-state index contributed by atoms with van der Waals surface area (Å²) in [6.45, 7) is 7.84. The van der Waals surface area contributed by atoms with Crippen molar-refractivity contribution in [3.63, 3.8) is 0 Å². The number of rotatable bonds is 4. The molecule has 2 atom stereocenters. The van der Waals surface area contributed by atoms with Crippen molar-refractivity contribution in [1.82, 2.24) is 0 Å². The van der Waals surface area contributed by atoms with Crippen LogP contribution in [0, 0.1) is 23.4 Å². The second-order valence-corrected chi connectivity index (χ2v) is 8.01. The van der Waals surface area contributed by atoms with Gasteiger partial charge in [0.15, 0.2) is 23.2 Å². The Morgan fingerprint density at radius 2 is 1.84 bits per heavy atom. The minimum atomic E-state index is -1.04. The average molecular weight is 352 g/mol. The Kier molecular flexibility index (Phi) is 4.91. The molecule has 1 heterocycles. The van der Waals surface area contributed by atoms with Crippen LogP contribution in [-0.4, -0.2) is 5.60 Å². The smallest absolute Gasteiger partial charge is 0.171 e. The van der Waals surface area contributed by atoms with Gasteiger partial charge in [-0.15, -0.1) is 0 Å². The van der Waals surface area contributed by atoms with Crippen LogP contribution in [0.15, 0.2) is 11.6 Å². The zero-order chi connectivity index (χ0) is 18.4. The maximum absolute atomic E-state index is 15.1. The van der Waals surface area contributed by atoms with Crippen molar-refractivity contribution in [3.8, 4) is 5.75 Å². The van der Waals surface area contributed by atoms with Crippen molar-refractivity contribution in [3.05, 3.63) is 40.2 Å². The molecular weight excluding hydrogens is 325 g/mol. The number of benzene rings is 1. The van der Waals surface area contributed by atoms with Crippen LogP contribution in [-0.2, 0) is 6.42 Å². The van der Waals surface area contributed by atoms with Gasteiger partial charge in [0, 0.05) is 23.0 Å². The van der Waals surface area contributed by atoms with Gasteiger partial charge >= 0.3 is 0 Å². The van der Waals surface area contributed by atoms with E-state index >= 15 is 4.39 Å². The molecule has 0 bridgehead atoms. The Hall–Kier alpha value is -1.45. The van der Waals surface area contributed by atoms with Gasteiger partial charge in [0.1, 0.15) is 5.60 Å². The second-order valence-electron chi connectivity index (χ2n) is 8.01. The Balaban J connectivity index is 2.14. The van der Waals surface area contributed by atoms with E-state index in [4.69, 9.17) is 4.74 Å². The molecule has 1 aliphatic heterocycles. The SMILES string of the molecule is CCCCCc1c(F)c(F)c2c(c1F)OC(C)(C)[C@@H]1CCC(C)=C[C@H]21. The summed E-state index contributed by atoms with van der Waals surface area (Å²) < 4.78 is 50.6. The molecule has 1 aliphatic carbocycles. The lowest BCUT2D eigenvalue weighted by Gasteiger charge is -2.46. The topological polar surface area (TPSA) is 9.23 Å². The molecule has 1 nitrogen and oxygen atoms in total. The Bertz CT molecular complexity index is 706. The van der Waals surface area contributed by atoms with E-state index in [0.717, 1.165) is 31.3 Å². The highest BCUT2D eigenvalue weighted by Crippen LogP contribution is 2.53. The maximum Gasteiger partial charge on any atom is 0.171 e. The first-order valence-electron chi connectivity index (χ1n) is 9.33. The zero-order valence-electron chi connectivity index (χ0n) is 15.5. The van der Waals surface area contributed by atoms with E-state index in [9.17, 15) is 8.78 Å². The van der Waals surface area contributed by atoms with Gasteiger partial charge in [-0.1, -0.05) is 31.4 Å². The van der Waals surface area contributed by atoms with Gasteiger partial charge in [0.2, 0.25) is 0 Å². The van der Waals surface area contributed by atoms with Crippen molar-refractivity contribution < 1.29 is 17.9 Å². The highest BCUT2D eigenvalue weighted by Gasteiger charge is 2.47. The molecule has 0 spiro atoms. The first kappa shape index (κ1) is 18.3. The zero-order valence-corrected chi connectivity index (χ0v) is 15.5. The van der Waals surface area contributed by atoms with Crippen molar-refractivity contribution in [2.45, 2.75) is 77.7 Å². The van der Waals surface area contributed by atoms with Gasteiger partial charge in [0.25, 0.3) is 0 Å². The van der Waals surface area contributed by atoms with Gasteiger partial charge < -0.3 is 4.74 Å². The normalized spacial score (nSPS) is 24.2. The van der Waals surface area contributed by atoms with Crippen molar-refractivity contribution in [2.24, 2.45) is 5.92 Å². The predicted molar refractivity (Wildman–Crippen MR) is 93.5 cm³/mol. The monoisotopic (exact) mass is 352 g/mol. The number of halogens is 3. The van der Waals surface area contributed by atoms with Crippen molar-refractivity contribution >= 4 is 0 Å². The highest BCUT2D eigenvalue weighted by atomic mass is 19.2. The first-order chi connectivity index (χ1) is 11.8. The van der Waals surface area contributed by atoms with E-state index in [1.54, 1.807) is 0 Å². The van der Waals surface area contributed by atoms with Gasteiger partial charge in [-0.2, -0.15) is 0 Å². The van der Waals surface area contributed by atoms with Crippen LogP contribution in [0.3, 0.4) is 0 Å². The van der Waals surface area contributed by atoms with E-state index in [-0.39, 0.29) is 35.1 Å². The summed E-state index contributed by atoms with van der Waals surface area (Å²) in [7, 11) is 0. The molecule has 0 radical (unpaired) electrons. The molecule has 0 fully saturated rings. The molecular formula is C21H27F3O. The first-order valence-corrected chi connectivity index (χ1v) is 9.33. The third-order valence-electron chi connectivity index (χ3n) is 5.77. The second kappa shape index (κ2) is 6.69. The Labute approximate surface area is 148 Å². The number of hydrogen-bond donors (Lipinski definition) is 0. The van der Waals surface area contributed by atoms with Gasteiger partial charge in [-0.25, -0.2) is 13.2 Å². The minimum Gasteiger partial charge on any atom is -0.484 e. The number of unbranched alkanes of at least 4 members (excludes halogenated alkanes) is 2. The number of allylic oxidation sites excluding steroid dienone is 2. The largest absolute Gasteiger partial charge is 0.484 e. The molecule has 0 aromatic heterocycles. The van der Waals surface area contributed by atoms with Crippen LogP contribution in [0.2, 0.25) is 0 Å². The molecule has 0 N–H and O–H groups in total. The predicted octanol–water partition coefficient (Wildman–Crippen LogP) is 6.45. The van der Waals surface area contributed by atoms with Gasteiger partial charge in [-0.05, 0) is 46.5 Å². The third kappa shape index (κ3) is 3.09. The van der Waals surface area contributed by atoms with Crippen molar-refractivity contribution in [2.75, 3.05) is 0 Å². The molecule has 1 aromatic rings. The lowest BCUT2D eigenvalue weighted by Crippen LogP contribution is -2.46. The fourth-order valence-corrected chi connectivity index (χ4v) is 4.34. The van der Waals surface area contributed by atoms with Crippen LogP contribution < -0.4 is 4.74 Å². The van der Waals surface area contributed by atoms with Crippen LogP contribution in [0.4, 0.5) is 13.2 Å². The molecule has 0 saturated carbocycles. The number of ether oxygens (including phenoxy) is 1. The van der Waals surface area contributed by atoms with Gasteiger partial charge in [-0.3, -0.25) is 0 Å². The van der Waals surface area contributed by atoms with Crippen LogP contribution >= 0.6 is 0 Å². The molecule has 2 aliphatic rings. The maximum atomic E-state index is 15.1. The number of fused-ring (bicyclic) bond motifs is 3. The molecule has 3 rings (SSSR count). The standard InChI is InChI=1S/C21H27F3O/c1-5-6-7-8-13-17(22)19(24)16-14-11-12(2)9-10-15(14)21(3,4)25-20(16)18(13)23/h11,14-15H,5-10H2,1-4H3/t14-,15+/m0/s1. The van der Waals surface area contributed by atoms with Gasteiger partial charge in [0.05, 0.1) is 0 Å². The fourth-order valence-electron chi connectivity index (χ4n) is 4.34. The molecule has 25 heavy (non-hydrogen) atoms. The molecule has 0 amide bonds. The van der Waals surface area contributed by atoms with Crippen LogP contribution in [0.1, 0.15) is 76.8 Å². The summed E-state index contributed by atoms with van der Waals surface area (Å²) in [5.41, 5.74) is 0.422. The molecule has 4 heteroatoms. The van der Waals surface area contributed by atoms with E-state index < -0.39 is 23.1 Å².